The van der Waals surface area contributed by atoms with Gasteiger partial charge in [-0.2, -0.15) is 0 Å². The number of benzene rings is 1. The summed E-state index contributed by atoms with van der Waals surface area (Å²) in [5, 5.41) is 0. The van der Waals surface area contributed by atoms with E-state index in [-0.39, 0.29) is 9.72 Å². The first-order chi connectivity index (χ1) is 7.65. The van der Waals surface area contributed by atoms with E-state index in [1.807, 2.05) is 20.8 Å². The zero-order valence-corrected chi connectivity index (χ0v) is 13.9. The molecule has 0 aliphatic carbocycles. The molecule has 0 saturated heterocycles. The second-order valence-corrected chi connectivity index (χ2v) is 8.37. The molecule has 0 heterocycles. The number of sulfonamides is 1. The Morgan fingerprint density at radius 2 is 1.94 bits per heavy atom. The van der Waals surface area contributed by atoms with Gasteiger partial charge >= 0.3 is 0 Å². The molecule has 0 bridgehead atoms. The van der Waals surface area contributed by atoms with Crippen LogP contribution in [0.5, 0.6) is 0 Å². The van der Waals surface area contributed by atoms with Crippen molar-refractivity contribution >= 4 is 41.9 Å². The van der Waals surface area contributed by atoms with E-state index in [0.717, 1.165) is 4.47 Å². The fraction of sp³-hybridized carbons (Fsp3) is 0.455. The lowest BCUT2D eigenvalue weighted by molar-refractivity contribution is 0.454. The van der Waals surface area contributed by atoms with Gasteiger partial charge < -0.3 is 0 Å². The molecule has 1 N–H and O–H groups in total. The third-order valence-electron chi connectivity index (χ3n) is 2.50. The molecule has 0 aliphatic rings. The van der Waals surface area contributed by atoms with Crippen LogP contribution in [-0.4, -0.2) is 18.8 Å². The molecule has 6 heteroatoms. The van der Waals surface area contributed by atoms with Crippen LogP contribution in [0, 0.1) is 0 Å². The minimum atomic E-state index is -3.50. The molecule has 17 heavy (non-hydrogen) atoms. The molecular weight excluding hydrogens is 370 g/mol. The van der Waals surface area contributed by atoms with Gasteiger partial charge in [-0.1, -0.05) is 44.8 Å². The van der Waals surface area contributed by atoms with Crippen molar-refractivity contribution in [1.29, 1.82) is 0 Å². The Bertz CT molecular complexity index is 498. The van der Waals surface area contributed by atoms with Crippen molar-refractivity contribution in [2.75, 3.05) is 0 Å². The van der Waals surface area contributed by atoms with E-state index in [1.54, 1.807) is 24.3 Å². The number of hydrogen-bond donors (Lipinski definition) is 1. The molecular formula is C11H15Br2NO2S. The quantitative estimate of drug-likeness (QED) is 0.809. The van der Waals surface area contributed by atoms with Crippen LogP contribution in [-0.2, 0) is 10.0 Å². The van der Waals surface area contributed by atoms with Crippen LogP contribution in [0.3, 0.4) is 0 Å². The molecule has 1 aromatic rings. The van der Waals surface area contributed by atoms with Crippen molar-refractivity contribution in [2.24, 2.45) is 0 Å². The Kier molecular flexibility index (Phi) is 4.80. The third kappa shape index (κ3) is 4.05. The van der Waals surface area contributed by atoms with Gasteiger partial charge in [0.25, 0.3) is 0 Å². The van der Waals surface area contributed by atoms with Crippen LogP contribution < -0.4 is 4.72 Å². The zero-order valence-electron chi connectivity index (χ0n) is 9.87. The van der Waals surface area contributed by atoms with E-state index >= 15 is 0 Å². The highest BCUT2D eigenvalue weighted by Gasteiger charge is 2.30. The fourth-order valence-electron chi connectivity index (χ4n) is 1.12. The number of halogens is 2. The predicted octanol–water partition coefficient (Wildman–Crippen LogP) is 3.29. The second kappa shape index (κ2) is 5.38. The van der Waals surface area contributed by atoms with E-state index in [2.05, 4.69) is 36.6 Å². The van der Waals surface area contributed by atoms with Gasteiger partial charge in [0.2, 0.25) is 10.0 Å². The predicted molar refractivity (Wildman–Crippen MR) is 76.9 cm³/mol. The largest absolute Gasteiger partial charge is 0.241 e. The van der Waals surface area contributed by atoms with E-state index in [1.165, 1.54) is 0 Å². The first kappa shape index (κ1) is 15.1. The maximum absolute atomic E-state index is 12.2. The molecule has 1 rings (SSSR count). The van der Waals surface area contributed by atoms with Crippen LogP contribution in [0.2, 0.25) is 0 Å². The summed E-state index contributed by atoms with van der Waals surface area (Å²) in [6, 6.07) is 6.64. The summed E-state index contributed by atoms with van der Waals surface area (Å²) in [7, 11) is -3.50. The van der Waals surface area contributed by atoms with Gasteiger partial charge in [0.15, 0.2) is 0 Å². The van der Waals surface area contributed by atoms with Gasteiger partial charge in [0.05, 0.1) is 4.90 Å². The number of hydrogen-bond acceptors (Lipinski definition) is 2. The Morgan fingerprint density at radius 3 is 2.41 bits per heavy atom. The molecule has 3 nitrogen and oxygen atoms in total. The highest BCUT2D eigenvalue weighted by Crippen LogP contribution is 2.22. The van der Waals surface area contributed by atoms with E-state index in [9.17, 15) is 8.42 Å². The smallest absolute Gasteiger partial charge is 0.207 e. The van der Waals surface area contributed by atoms with Crippen molar-refractivity contribution < 1.29 is 8.42 Å². The first-order valence-electron chi connectivity index (χ1n) is 5.09. The minimum Gasteiger partial charge on any atom is -0.207 e. The van der Waals surface area contributed by atoms with Crippen molar-refractivity contribution in [1.82, 2.24) is 4.72 Å². The normalized spacial score (nSPS) is 14.6. The van der Waals surface area contributed by atoms with E-state index in [4.69, 9.17) is 0 Å². The topological polar surface area (TPSA) is 46.2 Å². The van der Waals surface area contributed by atoms with Gasteiger partial charge in [0.1, 0.15) is 0 Å². The highest BCUT2D eigenvalue weighted by atomic mass is 79.9. The average Bonchev–Trinajstić information content (AvgIpc) is 2.15. The van der Waals surface area contributed by atoms with Crippen LogP contribution >= 0.6 is 31.9 Å². The Morgan fingerprint density at radius 1 is 1.35 bits per heavy atom. The summed E-state index contributed by atoms with van der Waals surface area (Å²) in [6.07, 6.45) is 0. The number of rotatable bonds is 4. The maximum atomic E-state index is 12.2. The molecule has 0 saturated carbocycles. The molecule has 0 aromatic heterocycles. The lowest BCUT2D eigenvalue weighted by Gasteiger charge is -2.28. The highest BCUT2D eigenvalue weighted by molar-refractivity contribution is 9.10. The van der Waals surface area contributed by atoms with Gasteiger partial charge in [-0.25, -0.2) is 13.1 Å². The molecule has 1 atom stereocenters. The van der Waals surface area contributed by atoms with Crippen molar-refractivity contribution in [3.63, 3.8) is 0 Å². The van der Waals surface area contributed by atoms with Crippen molar-refractivity contribution in [3.05, 3.63) is 28.7 Å². The molecule has 0 aliphatic heterocycles. The molecule has 0 fully saturated rings. The lowest BCUT2D eigenvalue weighted by Crippen LogP contribution is -2.48. The van der Waals surface area contributed by atoms with Crippen LogP contribution in [0.15, 0.2) is 33.6 Å². The maximum Gasteiger partial charge on any atom is 0.241 e. The van der Waals surface area contributed by atoms with Crippen molar-refractivity contribution in [2.45, 2.75) is 36.0 Å². The summed E-state index contributed by atoms with van der Waals surface area (Å²) >= 11 is 6.66. The molecule has 0 radical (unpaired) electrons. The number of nitrogens with one attached hydrogen (secondary N) is 1. The van der Waals surface area contributed by atoms with Gasteiger partial charge in [0, 0.05) is 14.8 Å². The SMILES string of the molecule is CC(Br)C(C)(C)NS(=O)(=O)c1cccc(Br)c1. The van der Waals surface area contributed by atoms with Gasteiger partial charge in [-0.15, -0.1) is 0 Å². The standard InChI is InChI=1S/C11H15Br2NO2S/c1-8(12)11(2,3)14-17(15,16)10-6-4-5-9(13)7-10/h4-8,14H,1-3H3. The van der Waals surface area contributed by atoms with E-state index in [0.29, 0.717) is 0 Å². The third-order valence-corrected chi connectivity index (χ3v) is 5.81. The Hall–Kier alpha value is 0.0900. The zero-order chi connectivity index (χ0) is 13.3. The lowest BCUT2D eigenvalue weighted by atomic mass is 10.0. The molecule has 1 unspecified atom stereocenters. The molecule has 1 aromatic carbocycles. The summed E-state index contributed by atoms with van der Waals surface area (Å²) < 4.78 is 27.7. The monoisotopic (exact) mass is 383 g/mol. The van der Waals surface area contributed by atoms with Crippen LogP contribution in [0.25, 0.3) is 0 Å². The van der Waals surface area contributed by atoms with Crippen LogP contribution in [0.4, 0.5) is 0 Å². The number of alkyl halides is 1. The van der Waals surface area contributed by atoms with Crippen molar-refractivity contribution in [3.8, 4) is 0 Å². The summed E-state index contributed by atoms with van der Waals surface area (Å²) in [4.78, 5) is 0.282. The Labute approximate surface area is 119 Å². The molecule has 96 valence electrons. The average molecular weight is 385 g/mol. The van der Waals surface area contributed by atoms with Gasteiger partial charge in [-0.3, -0.25) is 0 Å². The fourth-order valence-corrected chi connectivity index (χ4v) is 3.46. The summed E-state index contributed by atoms with van der Waals surface area (Å²) in [6.45, 7) is 5.58. The first-order valence-corrected chi connectivity index (χ1v) is 8.28. The van der Waals surface area contributed by atoms with E-state index < -0.39 is 15.6 Å². The Balaban J connectivity index is 3.06. The second-order valence-electron chi connectivity index (χ2n) is 4.40. The summed E-state index contributed by atoms with van der Waals surface area (Å²) in [5.74, 6) is 0. The summed E-state index contributed by atoms with van der Waals surface area (Å²) in [5.41, 5.74) is -0.554. The van der Waals surface area contributed by atoms with Crippen LogP contribution in [0.1, 0.15) is 20.8 Å². The van der Waals surface area contributed by atoms with Gasteiger partial charge in [-0.05, 0) is 32.0 Å². The molecule has 0 spiro atoms. The minimum absolute atomic E-state index is 0.0249. The molecule has 0 amide bonds.